The number of methoxy groups -OCH3 is 1. The first kappa shape index (κ1) is 17.0. The van der Waals surface area contributed by atoms with E-state index in [9.17, 15) is 9.59 Å². The van der Waals surface area contributed by atoms with E-state index in [-0.39, 0.29) is 18.2 Å². The van der Waals surface area contributed by atoms with E-state index < -0.39 is 5.97 Å². The molecule has 5 heteroatoms. The molecule has 5 nitrogen and oxygen atoms in total. The first-order valence-electron chi connectivity index (χ1n) is 7.12. The minimum atomic E-state index is -0.837. The Morgan fingerprint density at radius 2 is 1.95 bits per heavy atom. The molecule has 0 bridgehead atoms. The summed E-state index contributed by atoms with van der Waals surface area (Å²) >= 11 is 0. The lowest BCUT2D eigenvalue weighted by molar-refractivity contribution is -0.138. The Hall–Kier alpha value is -2.04. The van der Waals surface area contributed by atoms with Gasteiger partial charge in [-0.25, -0.2) is 0 Å². The molecule has 0 aliphatic heterocycles. The van der Waals surface area contributed by atoms with E-state index in [2.05, 4.69) is 5.32 Å². The molecule has 1 aromatic rings. The third kappa shape index (κ3) is 7.34. The molecule has 1 unspecified atom stereocenters. The number of carboxylic acids is 1. The summed E-state index contributed by atoms with van der Waals surface area (Å²) in [4.78, 5) is 22.2. The lowest BCUT2D eigenvalue weighted by atomic mass is 10.1. The van der Waals surface area contributed by atoms with E-state index in [4.69, 9.17) is 9.84 Å². The van der Waals surface area contributed by atoms with Crippen LogP contribution in [0.25, 0.3) is 0 Å². The molecule has 0 aliphatic rings. The zero-order chi connectivity index (χ0) is 15.7. The summed E-state index contributed by atoms with van der Waals surface area (Å²) in [6, 6.07) is 7.79. The molecule has 1 atom stereocenters. The Morgan fingerprint density at radius 1 is 1.29 bits per heavy atom. The lowest BCUT2D eigenvalue weighted by Crippen LogP contribution is -2.29. The fraction of sp³-hybridized carbons (Fsp3) is 0.500. The van der Waals surface area contributed by atoms with E-state index >= 15 is 0 Å². The van der Waals surface area contributed by atoms with Gasteiger partial charge in [-0.15, -0.1) is 0 Å². The van der Waals surface area contributed by atoms with Crippen molar-refractivity contribution in [3.8, 4) is 5.75 Å². The van der Waals surface area contributed by atoms with Gasteiger partial charge in [0.2, 0.25) is 5.91 Å². The Bertz CT molecular complexity index is 456. The van der Waals surface area contributed by atoms with Crippen LogP contribution >= 0.6 is 0 Å². The van der Waals surface area contributed by atoms with Crippen LogP contribution in [0.2, 0.25) is 0 Å². The summed E-state index contributed by atoms with van der Waals surface area (Å²) < 4.78 is 5.09. The standard InChI is InChI=1S/C16H23NO4/c1-12(10-16(19)20)11-17-15(18)5-3-4-13-6-8-14(21-2)9-7-13/h6-9,12H,3-5,10-11H2,1-2H3,(H,17,18)(H,19,20). The van der Waals surface area contributed by atoms with Gasteiger partial charge >= 0.3 is 5.97 Å². The van der Waals surface area contributed by atoms with Crippen molar-refractivity contribution in [2.75, 3.05) is 13.7 Å². The van der Waals surface area contributed by atoms with Gasteiger partial charge in [-0.2, -0.15) is 0 Å². The van der Waals surface area contributed by atoms with Gasteiger partial charge in [0.05, 0.1) is 7.11 Å². The van der Waals surface area contributed by atoms with Crippen LogP contribution in [-0.4, -0.2) is 30.6 Å². The number of hydrogen-bond acceptors (Lipinski definition) is 3. The molecule has 2 N–H and O–H groups in total. The molecule has 116 valence electrons. The first-order chi connectivity index (χ1) is 10.0. The summed E-state index contributed by atoms with van der Waals surface area (Å²) in [5, 5.41) is 11.4. The van der Waals surface area contributed by atoms with Gasteiger partial charge in [-0.1, -0.05) is 19.1 Å². The molecule has 0 aromatic heterocycles. The number of ether oxygens (including phenoxy) is 1. The van der Waals surface area contributed by atoms with Crippen LogP contribution in [0.3, 0.4) is 0 Å². The molecule has 1 aromatic carbocycles. The fourth-order valence-corrected chi connectivity index (χ4v) is 1.99. The van der Waals surface area contributed by atoms with E-state index in [1.54, 1.807) is 7.11 Å². The van der Waals surface area contributed by atoms with Crippen molar-refractivity contribution in [2.45, 2.75) is 32.6 Å². The van der Waals surface area contributed by atoms with Crippen LogP contribution in [0.15, 0.2) is 24.3 Å². The van der Waals surface area contributed by atoms with Gasteiger partial charge < -0.3 is 15.2 Å². The van der Waals surface area contributed by atoms with Crippen LogP contribution in [0.1, 0.15) is 31.7 Å². The summed E-state index contributed by atoms with van der Waals surface area (Å²) in [5.41, 5.74) is 1.17. The zero-order valence-corrected chi connectivity index (χ0v) is 12.6. The van der Waals surface area contributed by atoms with E-state index in [1.807, 2.05) is 31.2 Å². The Morgan fingerprint density at radius 3 is 2.52 bits per heavy atom. The highest BCUT2D eigenvalue weighted by molar-refractivity contribution is 5.76. The SMILES string of the molecule is COc1ccc(CCCC(=O)NCC(C)CC(=O)O)cc1. The van der Waals surface area contributed by atoms with Crippen LogP contribution in [0.5, 0.6) is 5.75 Å². The molecule has 0 saturated heterocycles. The Labute approximate surface area is 125 Å². The number of carbonyl (C=O) groups excluding carboxylic acids is 1. The summed E-state index contributed by atoms with van der Waals surface area (Å²) in [5.74, 6) is -0.0889. The van der Waals surface area contributed by atoms with Gasteiger partial charge in [0, 0.05) is 19.4 Å². The van der Waals surface area contributed by atoms with Gasteiger partial charge in [0.25, 0.3) is 0 Å². The van der Waals surface area contributed by atoms with Crippen LogP contribution in [0.4, 0.5) is 0 Å². The number of nitrogens with one attached hydrogen (secondary N) is 1. The first-order valence-corrected chi connectivity index (χ1v) is 7.12. The van der Waals surface area contributed by atoms with Crippen LogP contribution in [-0.2, 0) is 16.0 Å². The van der Waals surface area contributed by atoms with Crippen LogP contribution < -0.4 is 10.1 Å². The average molecular weight is 293 g/mol. The minimum absolute atomic E-state index is 0.0271. The number of rotatable bonds is 9. The maximum atomic E-state index is 11.6. The Kier molecular flexibility index (Phi) is 7.29. The van der Waals surface area contributed by atoms with Crippen molar-refractivity contribution >= 4 is 11.9 Å². The Balaban J connectivity index is 2.19. The third-order valence-electron chi connectivity index (χ3n) is 3.20. The largest absolute Gasteiger partial charge is 0.497 e. The highest BCUT2D eigenvalue weighted by Gasteiger charge is 2.09. The number of hydrogen-bond donors (Lipinski definition) is 2. The number of benzene rings is 1. The van der Waals surface area contributed by atoms with E-state index in [0.29, 0.717) is 13.0 Å². The molecule has 0 saturated carbocycles. The topological polar surface area (TPSA) is 75.6 Å². The molecule has 0 spiro atoms. The van der Waals surface area contributed by atoms with Crippen molar-refractivity contribution in [3.05, 3.63) is 29.8 Å². The number of carbonyl (C=O) groups is 2. The highest BCUT2D eigenvalue weighted by atomic mass is 16.5. The number of amides is 1. The van der Waals surface area contributed by atoms with E-state index in [0.717, 1.165) is 18.6 Å². The summed E-state index contributed by atoms with van der Waals surface area (Å²) in [6.07, 6.45) is 2.13. The predicted molar refractivity (Wildman–Crippen MR) is 80.4 cm³/mol. The third-order valence-corrected chi connectivity index (χ3v) is 3.20. The van der Waals surface area contributed by atoms with Gasteiger partial charge in [0.1, 0.15) is 5.75 Å². The van der Waals surface area contributed by atoms with Gasteiger partial charge in [-0.05, 0) is 36.5 Å². The number of carboxylic acid groups (broad SMARTS) is 1. The maximum absolute atomic E-state index is 11.6. The molecule has 21 heavy (non-hydrogen) atoms. The van der Waals surface area contributed by atoms with Crippen LogP contribution in [0, 0.1) is 5.92 Å². The normalized spacial score (nSPS) is 11.7. The van der Waals surface area contributed by atoms with Crippen molar-refractivity contribution < 1.29 is 19.4 Å². The lowest BCUT2D eigenvalue weighted by Gasteiger charge is -2.10. The molecule has 0 radical (unpaired) electrons. The quantitative estimate of drug-likeness (QED) is 0.732. The highest BCUT2D eigenvalue weighted by Crippen LogP contribution is 2.13. The minimum Gasteiger partial charge on any atom is -0.497 e. The number of aliphatic carboxylic acids is 1. The van der Waals surface area contributed by atoms with E-state index in [1.165, 1.54) is 5.56 Å². The van der Waals surface area contributed by atoms with Crippen molar-refractivity contribution in [1.82, 2.24) is 5.32 Å². The van der Waals surface area contributed by atoms with Crippen molar-refractivity contribution in [1.29, 1.82) is 0 Å². The van der Waals surface area contributed by atoms with Gasteiger partial charge in [0.15, 0.2) is 0 Å². The maximum Gasteiger partial charge on any atom is 0.303 e. The molecular formula is C16H23NO4. The monoisotopic (exact) mass is 293 g/mol. The van der Waals surface area contributed by atoms with Crippen molar-refractivity contribution in [2.24, 2.45) is 5.92 Å². The fourth-order valence-electron chi connectivity index (χ4n) is 1.99. The second kappa shape index (κ2) is 9.00. The molecule has 1 amide bonds. The predicted octanol–water partition coefficient (Wildman–Crippen LogP) is 2.24. The average Bonchev–Trinajstić information content (AvgIpc) is 2.45. The van der Waals surface area contributed by atoms with Gasteiger partial charge in [-0.3, -0.25) is 9.59 Å². The molecular weight excluding hydrogens is 270 g/mol. The molecule has 0 heterocycles. The molecule has 0 aliphatic carbocycles. The number of aryl methyl sites for hydroxylation is 1. The smallest absolute Gasteiger partial charge is 0.303 e. The molecule has 0 fully saturated rings. The zero-order valence-electron chi connectivity index (χ0n) is 12.6. The van der Waals surface area contributed by atoms with Crippen molar-refractivity contribution in [3.63, 3.8) is 0 Å². The molecule has 1 rings (SSSR count). The summed E-state index contributed by atoms with van der Waals surface area (Å²) in [6.45, 7) is 2.22. The summed E-state index contributed by atoms with van der Waals surface area (Å²) in [7, 11) is 1.63. The second-order valence-electron chi connectivity index (χ2n) is 5.21. The second-order valence-corrected chi connectivity index (χ2v) is 5.21.